The molecule has 0 aliphatic rings. The first-order valence-corrected chi connectivity index (χ1v) is 5.07. The monoisotopic (exact) mass is 240 g/mol. The fourth-order valence-corrected chi connectivity index (χ4v) is 1.42. The first-order valence-electron chi connectivity index (χ1n) is 4.53. The van der Waals surface area contributed by atoms with Crippen LogP contribution >= 0.6 is 11.6 Å². The molecule has 0 aromatic carbocycles. The summed E-state index contributed by atoms with van der Waals surface area (Å²) in [6, 6.07) is 4.81. The Morgan fingerprint density at radius 3 is 3.00 bits per heavy atom. The van der Waals surface area contributed by atoms with Crippen LogP contribution in [-0.2, 0) is 11.8 Å². The molecule has 0 saturated carbocycles. The van der Waals surface area contributed by atoms with Crippen molar-refractivity contribution in [2.45, 2.75) is 0 Å². The van der Waals surface area contributed by atoms with Gasteiger partial charge in [0.2, 0.25) is 5.76 Å². The third-order valence-electron chi connectivity index (χ3n) is 2.07. The lowest BCUT2D eigenvalue weighted by atomic mass is 10.3. The van der Waals surface area contributed by atoms with E-state index < -0.39 is 5.97 Å². The summed E-state index contributed by atoms with van der Waals surface area (Å²) < 4.78 is 11.6. The third-order valence-corrected chi connectivity index (χ3v) is 2.18. The molecule has 0 fully saturated rings. The molecule has 0 amide bonds. The minimum atomic E-state index is -0.580. The molecular weight excluding hydrogens is 232 g/mol. The van der Waals surface area contributed by atoms with Crippen molar-refractivity contribution in [1.82, 2.24) is 9.78 Å². The van der Waals surface area contributed by atoms with Gasteiger partial charge in [0, 0.05) is 13.2 Å². The van der Waals surface area contributed by atoms with E-state index in [0.29, 0.717) is 5.76 Å². The Morgan fingerprint density at radius 2 is 2.38 bits per heavy atom. The van der Waals surface area contributed by atoms with Crippen molar-refractivity contribution >= 4 is 17.6 Å². The largest absolute Gasteiger partial charge is 0.447 e. The Labute approximate surface area is 96.6 Å². The summed E-state index contributed by atoms with van der Waals surface area (Å²) in [6.07, 6.45) is 1.65. The average Bonchev–Trinajstić information content (AvgIpc) is 2.86. The van der Waals surface area contributed by atoms with Crippen LogP contribution in [0.25, 0.3) is 11.5 Å². The number of esters is 1. The number of halogens is 1. The van der Waals surface area contributed by atoms with E-state index in [4.69, 9.17) is 16.0 Å². The number of hydrogen-bond acceptors (Lipinski definition) is 4. The molecule has 0 saturated heterocycles. The lowest BCUT2D eigenvalue weighted by Crippen LogP contribution is -2.01. The number of alkyl halides is 1. The third kappa shape index (κ3) is 1.94. The van der Waals surface area contributed by atoms with Crippen LogP contribution in [0, 0.1) is 0 Å². The normalized spacial score (nSPS) is 10.4. The summed E-state index contributed by atoms with van der Waals surface area (Å²) in [5.74, 6) is 0.0989. The minimum absolute atomic E-state index is 0.122. The smallest absolute Gasteiger partial charge is 0.375 e. The van der Waals surface area contributed by atoms with Crippen molar-refractivity contribution in [3.63, 3.8) is 0 Å². The molecule has 6 heteroatoms. The van der Waals surface area contributed by atoms with Crippen LogP contribution in [0.15, 0.2) is 28.8 Å². The van der Waals surface area contributed by atoms with Crippen molar-refractivity contribution in [3.05, 3.63) is 30.2 Å². The number of carbonyl (C=O) groups excluding carboxylic acids is 1. The number of hydrogen-bond donors (Lipinski definition) is 0. The Kier molecular flexibility index (Phi) is 2.96. The number of nitrogens with zero attached hydrogens (tertiary/aromatic N) is 2. The van der Waals surface area contributed by atoms with E-state index in [1.165, 1.54) is 6.07 Å². The SMILES string of the molecule is Cn1nccc1-c1ccc(C(=O)OCCl)o1. The van der Waals surface area contributed by atoms with Gasteiger partial charge in [0.05, 0.1) is 0 Å². The highest BCUT2D eigenvalue weighted by Crippen LogP contribution is 2.21. The number of aryl methyl sites for hydroxylation is 1. The van der Waals surface area contributed by atoms with Crippen LogP contribution in [-0.4, -0.2) is 21.8 Å². The lowest BCUT2D eigenvalue weighted by Gasteiger charge is -1.98. The second-order valence-corrected chi connectivity index (χ2v) is 3.26. The van der Waals surface area contributed by atoms with Gasteiger partial charge in [-0.2, -0.15) is 5.10 Å². The molecule has 0 unspecified atom stereocenters. The van der Waals surface area contributed by atoms with Gasteiger partial charge >= 0.3 is 5.97 Å². The highest BCUT2D eigenvalue weighted by Gasteiger charge is 2.14. The van der Waals surface area contributed by atoms with Crippen LogP contribution < -0.4 is 0 Å². The number of ether oxygens (including phenoxy) is 1. The Bertz CT molecular complexity index is 504. The maximum absolute atomic E-state index is 11.3. The molecule has 2 rings (SSSR count). The molecule has 0 atom stereocenters. The standard InChI is InChI=1S/C10H9ClN2O3/c1-13-7(4-5-12-13)8-2-3-9(16-8)10(14)15-6-11/h2-5H,6H2,1H3. The van der Waals surface area contributed by atoms with Gasteiger partial charge in [-0.15, -0.1) is 0 Å². The molecule has 0 aliphatic heterocycles. The highest BCUT2D eigenvalue weighted by atomic mass is 35.5. The van der Waals surface area contributed by atoms with Gasteiger partial charge in [0.1, 0.15) is 5.69 Å². The average molecular weight is 241 g/mol. The van der Waals surface area contributed by atoms with E-state index in [-0.39, 0.29) is 11.8 Å². The van der Waals surface area contributed by atoms with E-state index in [0.717, 1.165) is 5.69 Å². The van der Waals surface area contributed by atoms with Crippen LogP contribution in [0.3, 0.4) is 0 Å². The van der Waals surface area contributed by atoms with Crippen LogP contribution in [0.4, 0.5) is 0 Å². The summed E-state index contributed by atoms with van der Waals surface area (Å²) in [5.41, 5.74) is 0.782. The molecule has 5 nitrogen and oxygen atoms in total. The lowest BCUT2D eigenvalue weighted by molar-refractivity contribution is 0.0539. The van der Waals surface area contributed by atoms with Crippen molar-refractivity contribution in [3.8, 4) is 11.5 Å². The molecule has 0 bridgehead atoms. The molecule has 0 radical (unpaired) electrons. The zero-order valence-electron chi connectivity index (χ0n) is 8.51. The number of aromatic nitrogens is 2. The first-order chi connectivity index (χ1) is 7.72. The fourth-order valence-electron chi connectivity index (χ4n) is 1.32. The zero-order valence-corrected chi connectivity index (χ0v) is 9.27. The predicted octanol–water partition coefficient (Wildman–Crippen LogP) is 2.03. The van der Waals surface area contributed by atoms with Gasteiger partial charge in [-0.3, -0.25) is 4.68 Å². The molecule has 0 N–H and O–H groups in total. The van der Waals surface area contributed by atoms with Gasteiger partial charge in [-0.1, -0.05) is 11.6 Å². The second-order valence-electron chi connectivity index (χ2n) is 3.04. The maximum Gasteiger partial charge on any atom is 0.375 e. The molecule has 84 valence electrons. The van der Waals surface area contributed by atoms with Gasteiger partial charge < -0.3 is 9.15 Å². The summed E-state index contributed by atoms with van der Waals surface area (Å²) in [4.78, 5) is 11.3. The molecule has 16 heavy (non-hydrogen) atoms. The van der Waals surface area contributed by atoms with Gasteiger partial charge in [0.15, 0.2) is 11.8 Å². The number of rotatable bonds is 3. The number of carbonyl (C=O) groups is 1. The summed E-state index contributed by atoms with van der Waals surface area (Å²) in [6.45, 7) is 0. The first kappa shape index (κ1) is 10.8. The summed E-state index contributed by atoms with van der Waals surface area (Å²) >= 11 is 5.28. The van der Waals surface area contributed by atoms with Crippen LogP contribution in [0.5, 0.6) is 0 Å². The zero-order chi connectivity index (χ0) is 11.5. The molecule has 2 heterocycles. The Balaban J connectivity index is 2.26. The highest BCUT2D eigenvalue weighted by molar-refractivity contribution is 6.17. The minimum Gasteiger partial charge on any atom is -0.447 e. The molecule has 0 spiro atoms. The van der Waals surface area contributed by atoms with Crippen LogP contribution in [0.1, 0.15) is 10.6 Å². The van der Waals surface area contributed by atoms with Crippen molar-refractivity contribution < 1.29 is 13.9 Å². The van der Waals surface area contributed by atoms with E-state index >= 15 is 0 Å². The van der Waals surface area contributed by atoms with Gasteiger partial charge in [-0.25, -0.2) is 4.79 Å². The van der Waals surface area contributed by atoms with Crippen molar-refractivity contribution in [2.24, 2.45) is 7.05 Å². The molecular formula is C10H9ClN2O3. The Morgan fingerprint density at radius 1 is 1.56 bits per heavy atom. The van der Waals surface area contributed by atoms with E-state index in [9.17, 15) is 4.79 Å². The topological polar surface area (TPSA) is 57.3 Å². The summed E-state index contributed by atoms with van der Waals surface area (Å²) in [5, 5.41) is 4.00. The van der Waals surface area contributed by atoms with Gasteiger partial charge in [-0.05, 0) is 18.2 Å². The van der Waals surface area contributed by atoms with E-state index in [1.807, 2.05) is 0 Å². The molecule has 2 aromatic rings. The predicted molar refractivity (Wildman–Crippen MR) is 57.0 cm³/mol. The van der Waals surface area contributed by atoms with Crippen molar-refractivity contribution in [1.29, 1.82) is 0 Å². The van der Waals surface area contributed by atoms with Gasteiger partial charge in [0.25, 0.3) is 0 Å². The van der Waals surface area contributed by atoms with E-state index in [1.54, 1.807) is 30.1 Å². The summed E-state index contributed by atoms with van der Waals surface area (Å²) in [7, 11) is 1.79. The molecule has 0 aliphatic carbocycles. The fraction of sp³-hybridized carbons (Fsp3) is 0.200. The quantitative estimate of drug-likeness (QED) is 0.609. The van der Waals surface area contributed by atoms with Crippen molar-refractivity contribution in [2.75, 3.05) is 6.07 Å². The number of furan rings is 1. The second kappa shape index (κ2) is 4.40. The van der Waals surface area contributed by atoms with Crippen LogP contribution in [0.2, 0.25) is 0 Å². The molecule has 2 aromatic heterocycles. The van der Waals surface area contributed by atoms with E-state index in [2.05, 4.69) is 9.84 Å². The Hall–Kier alpha value is -1.75. The maximum atomic E-state index is 11.3.